The third-order valence-electron chi connectivity index (χ3n) is 1.65. The van der Waals surface area contributed by atoms with Gasteiger partial charge in [0.05, 0.1) is 12.3 Å². The van der Waals surface area contributed by atoms with Crippen LogP contribution < -0.4 is 0 Å². The number of ether oxygens (including phenoxy) is 1. The summed E-state index contributed by atoms with van der Waals surface area (Å²) in [5.74, 6) is 0. The molecule has 0 amide bonds. The van der Waals surface area contributed by atoms with Crippen LogP contribution >= 0.6 is 0 Å². The monoisotopic (exact) mass is 124 g/mol. The van der Waals surface area contributed by atoms with Gasteiger partial charge >= 0.3 is 0 Å². The predicted molar refractivity (Wildman–Crippen MR) is 31.9 cm³/mol. The average molecular weight is 124 g/mol. The molecule has 0 aliphatic carbocycles. The van der Waals surface area contributed by atoms with Crippen molar-refractivity contribution in [2.24, 2.45) is 0 Å². The van der Waals surface area contributed by atoms with E-state index in [-0.39, 0.29) is 5.60 Å². The topological polar surface area (TPSA) is 41.2 Å². The van der Waals surface area contributed by atoms with E-state index in [1.807, 2.05) is 13.0 Å². The second-order valence-corrected chi connectivity index (χ2v) is 2.49. The van der Waals surface area contributed by atoms with Crippen molar-refractivity contribution in [3.05, 3.63) is 18.0 Å². The van der Waals surface area contributed by atoms with Crippen molar-refractivity contribution in [1.29, 1.82) is 0 Å². The molecule has 1 aromatic heterocycles. The second-order valence-electron chi connectivity index (χ2n) is 2.49. The molecule has 1 aliphatic heterocycles. The zero-order valence-corrected chi connectivity index (χ0v) is 5.22. The fourth-order valence-corrected chi connectivity index (χ4v) is 0.814. The highest BCUT2D eigenvalue weighted by molar-refractivity contribution is 5.14. The molecule has 1 atom stereocenters. The van der Waals surface area contributed by atoms with Gasteiger partial charge in [0.15, 0.2) is 0 Å². The number of nitrogens with one attached hydrogen (secondary N) is 1. The number of nitrogens with zero attached hydrogens (tertiary/aromatic N) is 1. The van der Waals surface area contributed by atoms with Gasteiger partial charge in [-0.05, 0) is 13.0 Å². The van der Waals surface area contributed by atoms with Gasteiger partial charge in [-0.15, -0.1) is 0 Å². The smallest absolute Gasteiger partial charge is 0.130 e. The summed E-state index contributed by atoms with van der Waals surface area (Å²) in [5, 5.41) is 6.69. The van der Waals surface area contributed by atoms with Crippen molar-refractivity contribution in [2.75, 3.05) is 6.61 Å². The molecule has 1 aromatic rings. The fraction of sp³-hybridized carbons (Fsp3) is 0.500. The van der Waals surface area contributed by atoms with Crippen molar-refractivity contribution in [3.63, 3.8) is 0 Å². The standard InChI is InChI=1S/C6H8N2O/c1-6(4-9-6)5-2-3-7-8-5/h2-3H,4H2,1H3,(H,7,8). The molecule has 2 rings (SSSR count). The van der Waals surface area contributed by atoms with Gasteiger partial charge in [0.25, 0.3) is 0 Å². The average Bonchev–Trinajstić information content (AvgIpc) is 2.46. The molecule has 0 bridgehead atoms. The lowest BCUT2D eigenvalue weighted by Gasteiger charge is -1.96. The van der Waals surface area contributed by atoms with Crippen molar-refractivity contribution in [2.45, 2.75) is 12.5 Å². The number of epoxide rings is 1. The molecule has 0 aromatic carbocycles. The van der Waals surface area contributed by atoms with Crippen molar-refractivity contribution in [1.82, 2.24) is 10.2 Å². The first-order valence-corrected chi connectivity index (χ1v) is 2.95. The molecule has 1 N–H and O–H groups in total. The van der Waals surface area contributed by atoms with Crippen LogP contribution in [0.4, 0.5) is 0 Å². The second kappa shape index (κ2) is 1.36. The Morgan fingerprint density at radius 2 is 2.67 bits per heavy atom. The van der Waals surface area contributed by atoms with E-state index in [9.17, 15) is 0 Å². The van der Waals surface area contributed by atoms with Crippen LogP contribution in [0, 0.1) is 0 Å². The first kappa shape index (κ1) is 4.99. The van der Waals surface area contributed by atoms with Crippen LogP contribution in [-0.2, 0) is 10.3 Å². The van der Waals surface area contributed by atoms with Crippen LogP contribution in [0.25, 0.3) is 0 Å². The van der Waals surface area contributed by atoms with Crippen LogP contribution in [-0.4, -0.2) is 16.8 Å². The summed E-state index contributed by atoms with van der Waals surface area (Å²) in [5.41, 5.74) is 1.03. The van der Waals surface area contributed by atoms with Crippen LogP contribution in [0.2, 0.25) is 0 Å². The number of aromatic nitrogens is 2. The third-order valence-corrected chi connectivity index (χ3v) is 1.65. The van der Waals surface area contributed by atoms with Crippen LogP contribution in [0.1, 0.15) is 12.6 Å². The lowest BCUT2D eigenvalue weighted by molar-refractivity contribution is 0.323. The van der Waals surface area contributed by atoms with E-state index < -0.39 is 0 Å². The molecule has 3 heteroatoms. The minimum absolute atomic E-state index is 0.0451. The Bertz CT molecular complexity index is 201. The number of hydrogen-bond donors (Lipinski definition) is 1. The van der Waals surface area contributed by atoms with Crippen LogP contribution in [0.15, 0.2) is 12.3 Å². The van der Waals surface area contributed by atoms with Gasteiger partial charge in [0.2, 0.25) is 0 Å². The van der Waals surface area contributed by atoms with Crippen LogP contribution in [0.3, 0.4) is 0 Å². The Morgan fingerprint density at radius 1 is 1.89 bits per heavy atom. The molecule has 2 heterocycles. The maximum Gasteiger partial charge on any atom is 0.130 e. The fourth-order valence-electron chi connectivity index (χ4n) is 0.814. The van der Waals surface area contributed by atoms with E-state index in [1.54, 1.807) is 6.20 Å². The molecule has 48 valence electrons. The molecule has 9 heavy (non-hydrogen) atoms. The number of rotatable bonds is 1. The molecular formula is C6H8N2O. The molecule has 0 radical (unpaired) electrons. The summed E-state index contributed by atoms with van der Waals surface area (Å²) in [6, 6.07) is 1.94. The first-order valence-electron chi connectivity index (χ1n) is 2.95. The Balaban J connectivity index is 2.34. The summed E-state index contributed by atoms with van der Waals surface area (Å²) in [7, 11) is 0. The predicted octanol–water partition coefficient (Wildman–Crippen LogP) is 0.655. The summed E-state index contributed by atoms with van der Waals surface area (Å²) in [4.78, 5) is 0. The Labute approximate surface area is 53.0 Å². The van der Waals surface area contributed by atoms with Gasteiger partial charge in [0.1, 0.15) is 5.60 Å². The summed E-state index contributed by atoms with van der Waals surface area (Å²) in [6.07, 6.45) is 1.74. The van der Waals surface area contributed by atoms with Crippen molar-refractivity contribution >= 4 is 0 Å². The quantitative estimate of drug-likeness (QED) is 0.558. The molecule has 1 saturated heterocycles. The Hall–Kier alpha value is -0.830. The van der Waals surface area contributed by atoms with E-state index in [2.05, 4.69) is 10.2 Å². The van der Waals surface area contributed by atoms with E-state index >= 15 is 0 Å². The highest BCUT2D eigenvalue weighted by Gasteiger charge is 2.42. The zero-order chi connectivity index (χ0) is 6.32. The highest BCUT2D eigenvalue weighted by Crippen LogP contribution is 2.35. The lowest BCUT2D eigenvalue weighted by atomic mass is 10.1. The maximum atomic E-state index is 5.17. The SMILES string of the molecule is CC1(c2ccn[nH]2)CO1. The Morgan fingerprint density at radius 3 is 3.11 bits per heavy atom. The number of hydrogen-bond acceptors (Lipinski definition) is 2. The molecule has 1 unspecified atom stereocenters. The van der Waals surface area contributed by atoms with E-state index in [4.69, 9.17) is 4.74 Å². The van der Waals surface area contributed by atoms with Gasteiger partial charge in [-0.2, -0.15) is 5.10 Å². The van der Waals surface area contributed by atoms with Crippen LogP contribution in [0.5, 0.6) is 0 Å². The first-order chi connectivity index (χ1) is 4.31. The summed E-state index contributed by atoms with van der Waals surface area (Å²) < 4.78 is 5.17. The molecule has 1 aliphatic rings. The summed E-state index contributed by atoms with van der Waals surface area (Å²) in [6.45, 7) is 2.86. The van der Waals surface area contributed by atoms with Crippen molar-refractivity contribution < 1.29 is 4.74 Å². The van der Waals surface area contributed by atoms with E-state index in [1.165, 1.54) is 0 Å². The van der Waals surface area contributed by atoms with Gasteiger partial charge < -0.3 is 4.74 Å². The van der Waals surface area contributed by atoms with Crippen molar-refractivity contribution in [3.8, 4) is 0 Å². The zero-order valence-electron chi connectivity index (χ0n) is 5.22. The minimum atomic E-state index is -0.0451. The maximum absolute atomic E-state index is 5.17. The van der Waals surface area contributed by atoms with Gasteiger partial charge in [-0.25, -0.2) is 0 Å². The molecule has 1 fully saturated rings. The van der Waals surface area contributed by atoms with E-state index in [0.29, 0.717) is 0 Å². The molecular weight excluding hydrogens is 116 g/mol. The van der Waals surface area contributed by atoms with Gasteiger partial charge in [-0.1, -0.05) is 0 Å². The normalized spacial score (nSPS) is 32.6. The van der Waals surface area contributed by atoms with Gasteiger partial charge in [0, 0.05) is 6.20 Å². The molecule has 3 nitrogen and oxygen atoms in total. The molecule has 0 spiro atoms. The highest BCUT2D eigenvalue weighted by atomic mass is 16.6. The molecule has 0 saturated carbocycles. The van der Waals surface area contributed by atoms with E-state index in [0.717, 1.165) is 12.3 Å². The number of H-pyrrole nitrogens is 1. The van der Waals surface area contributed by atoms with Gasteiger partial charge in [-0.3, -0.25) is 5.10 Å². The minimum Gasteiger partial charge on any atom is -0.363 e. The summed E-state index contributed by atoms with van der Waals surface area (Å²) >= 11 is 0. The third kappa shape index (κ3) is 0.650. The number of aromatic amines is 1. The Kier molecular flexibility index (Phi) is 0.754. The lowest BCUT2D eigenvalue weighted by Crippen LogP contribution is -2.01. The largest absolute Gasteiger partial charge is 0.363 e.